The van der Waals surface area contributed by atoms with Gasteiger partial charge in [-0.1, -0.05) is 0 Å². The molecule has 0 amide bonds. The molecule has 0 spiro atoms. The summed E-state index contributed by atoms with van der Waals surface area (Å²) in [6, 6.07) is 0. The van der Waals surface area contributed by atoms with Gasteiger partial charge in [-0.05, 0) is 27.7 Å². The van der Waals surface area contributed by atoms with Crippen molar-refractivity contribution in [2.24, 2.45) is 0 Å². The Labute approximate surface area is 106 Å². The zero-order valence-corrected chi connectivity index (χ0v) is 11.1. The quantitative estimate of drug-likeness (QED) is 0.735. The Hall–Kier alpha value is -0.240. The number of rotatable bonds is 1. The third-order valence-corrected chi connectivity index (χ3v) is 3.45. The van der Waals surface area contributed by atoms with E-state index < -0.39 is 36.2 Å². The molecule has 0 aromatic carbocycles. The second-order valence-electron chi connectivity index (χ2n) is 5.93. The second-order valence-corrected chi connectivity index (χ2v) is 5.93. The van der Waals surface area contributed by atoms with Crippen molar-refractivity contribution in [1.29, 1.82) is 0 Å². The number of fused-ring (bicyclic) bond motifs is 1. The molecular weight excluding hydrogens is 240 g/mol. The van der Waals surface area contributed by atoms with Gasteiger partial charge < -0.3 is 28.8 Å². The van der Waals surface area contributed by atoms with Crippen LogP contribution in [-0.4, -0.2) is 54.0 Å². The summed E-state index contributed by atoms with van der Waals surface area (Å²) in [7, 11) is 0. The predicted octanol–water partition coefficient (Wildman–Crippen LogP) is 0.375. The first-order valence-corrected chi connectivity index (χ1v) is 6.28. The number of ether oxygens (including phenoxy) is 5. The van der Waals surface area contributed by atoms with Gasteiger partial charge in [-0.2, -0.15) is 0 Å². The third-order valence-electron chi connectivity index (χ3n) is 3.45. The molecule has 1 N–H and O–H groups in total. The molecule has 0 aliphatic carbocycles. The molecule has 6 nitrogen and oxygen atoms in total. The average Bonchev–Trinajstić information content (AvgIpc) is 2.81. The van der Waals surface area contributed by atoms with Gasteiger partial charge in [-0.25, -0.2) is 0 Å². The molecule has 1 unspecified atom stereocenters. The molecule has 0 aromatic rings. The molecule has 3 rings (SSSR count). The highest BCUT2D eigenvalue weighted by molar-refractivity contribution is 4.97. The Bertz CT molecular complexity index is 341. The Morgan fingerprint density at radius 1 is 0.944 bits per heavy atom. The first-order valence-electron chi connectivity index (χ1n) is 6.28. The fourth-order valence-corrected chi connectivity index (χ4v) is 2.70. The summed E-state index contributed by atoms with van der Waals surface area (Å²) in [5.74, 6) is -1.35. The Kier molecular flexibility index (Phi) is 2.75. The largest absolute Gasteiger partial charge is 0.387 e. The summed E-state index contributed by atoms with van der Waals surface area (Å²) in [5, 5.41) is 10.3. The van der Waals surface area contributed by atoms with E-state index in [1.165, 1.54) is 0 Å². The van der Waals surface area contributed by atoms with Crippen molar-refractivity contribution in [2.75, 3.05) is 6.61 Å². The molecule has 0 bridgehead atoms. The van der Waals surface area contributed by atoms with Crippen LogP contribution in [0.4, 0.5) is 0 Å². The molecule has 3 saturated heterocycles. The Morgan fingerprint density at radius 3 is 2.22 bits per heavy atom. The highest BCUT2D eigenvalue weighted by atomic mass is 16.8. The normalized spacial score (nSPS) is 49.5. The number of hydrogen-bond donors (Lipinski definition) is 1. The summed E-state index contributed by atoms with van der Waals surface area (Å²) in [6.45, 7) is 7.68. The molecule has 3 aliphatic heterocycles. The van der Waals surface area contributed by atoms with E-state index in [0.717, 1.165) is 0 Å². The summed E-state index contributed by atoms with van der Waals surface area (Å²) in [5.41, 5.74) is 0. The van der Waals surface area contributed by atoms with E-state index in [0.29, 0.717) is 6.61 Å². The topological polar surface area (TPSA) is 66.4 Å². The molecule has 0 saturated carbocycles. The van der Waals surface area contributed by atoms with Crippen LogP contribution in [0.3, 0.4) is 0 Å². The van der Waals surface area contributed by atoms with Gasteiger partial charge in [-0.15, -0.1) is 0 Å². The third kappa shape index (κ3) is 2.07. The van der Waals surface area contributed by atoms with Crippen LogP contribution in [0, 0.1) is 0 Å². The molecule has 0 aromatic heterocycles. The van der Waals surface area contributed by atoms with E-state index in [-0.39, 0.29) is 6.10 Å². The van der Waals surface area contributed by atoms with Gasteiger partial charge in [0.1, 0.15) is 24.4 Å². The molecule has 0 radical (unpaired) electrons. The van der Waals surface area contributed by atoms with Crippen molar-refractivity contribution < 1.29 is 28.8 Å². The highest BCUT2D eigenvalue weighted by Crippen LogP contribution is 2.40. The highest BCUT2D eigenvalue weighted by Gasteiger charge is 2.57. The summed E-state index contributed by atoms with van der Waals surface area (Å²) in [4.78, 5) is 0. The van der Waals surface area contributed by atoms with Gasteiger partial charge in [0.15, 0.2) is 17.9 Å². The lowest BCUT2D eigenvalue weighted by Gasteiger charge is -2.26. The maximum Gasteiger partial charge on any atom is 0.190 e. The monoisotopic (exact) mass is 260 g/mol. The van der Waals surface area contributed by atoms with Crippen LogP contribution >= 0.6 is 0 Å². The van der Waals surface area contributed by atoms with Crippen molar-refractivity contribution in [1.82, 2.24) is 0 Å². The van der Waals surface area contributed by atoms with Crippen molar-refractivity contribution in [3.63, 3.8) is 0 Å². The lowest BCUT2D eigenvalue weighted by atomic mass is 10.1. The van der Waals surface area contributed by atoms with E-state index in [1.807, 2.05) is 13.8 Å². The zero-order valence-electron chi connectivity index (χ0n) is 11.1. The first kappa shape index (κ1) is 12.8. The van der Waals surface area contributed by atoms with E-state index in [1.54, 1.807) is 13.8 Å². The minimum absolute atomic E-state index is 0.295. The number of aliphatic hydroxyl groups excluding tert-OH is 1. The predicted molar refractivity (Wildman–Crippen MR) is 59.6 cm³/mol. The van der Waals surface area contributed by atoms with Crippen LogP contribution in [0.2, 0.25) is 0 Å². The molecule has 3 aliphatic rings. The lowest BCUT2D eigenvalue weighted by molar-refractivity contribution is -0.232. The summed E-state index contributed by atoms with van der Waals surface area (Å²) < 4.78 is 28.1. The van der Waals surface area contributed by atoms with Crippen molar-refractivity contribution in [3.8, 4) is 0 Å². The van der Waals surface area contributed by atoms with Gasteiger partial charge in [0, 0.05) is 0 Å². The van der Waals surface area contributed by atoms with Crippen LogP contribution in [0.25, 0.3) is 0 Å². The zero-order chi connectivity index (χ0) is 13.1. The Morgan fingerprint density at radius 2 is 1.67 bits per heavy atom. The lowest BCUT2D eigenvalue weighted by Crippen LogP contribution is -2.42. The van der Waals surface area contributed by atoms with Crippen molar-refractivity contribution >= 4 is 0 Å². The molecule has 104 valence electrons. The number of hydrogen-bond acceptors (Lipinski definition) is 6. The van der Waals surface area contributed by atoms with Crippen LogP contribution in [-0.2, 0) is 23.7 Å². The second kappa shape index (κ2) is 3.88. The molecular formula is C12H20O6. The first-order chi connectivity index (χ1) is 8.27. The van der Waals surface area contributed by atoms with Gasteiger partial charge >= 0.3 is 0 Å². The molecule has 5 atom stereocenters. The molecule has 6 heteroatoms. The van der Waals surface area contributed by atoms with E-state index in [2.05, 4.69) is 0 Å². The minimum Gasteiger partial charge on any atom is -0.387 e. The maximum absolute atomic E-state index is 10.3. The Balaban J connectivity index is 1.68. The van der Waals surface area contributed by atoms with Gasteiger partial charge in [-0.3, -0.25) is 0 Å². The number of aliphatic hydroxyl groups is 1. The van der Waals surface area contributed by atoms with E-state index in [9.17, 15) is 5.11 Å². The van der Waals surface area contributed by atoms with Gasteiger partial charge in [0.2, 0.25) is 0 Å². The molecule has 3 heterocycles. The van der Waals surface area contributed by atoms with Crippen molar-refractivity contribution in [3.05, 3.63) is 0 Å². The van der Waals surface area contributed by atoms with Crippen LogP contribution in [0.15, 0.2) is 0 Å². The van der Waals surface area contributed by atoms with E-state index in [4.69, 9.17) is 23.7 Å². The SMILES string of the molecule is CC1(C)OC[C@H]([C@@H]2O[C@@H]3OC(C)(C)O[C@H]3C2O)O1. The van der Waals surface area contributed by atoms with Crippen LogP contribution < -0.4 is 0 Å². The van der Waals surface area contributed by atoms with Gasteiger partial charge in [0.05, 0.1) is 6.61 Å². The minimum atomic E-state index is -0.765. The molecule has 18 heavy (non-hydrogen) atoms. The average molecular weight is 260 g/mol. The maximum atomic E-state index is 10.3. The van der Waals surface area contributed by atoms with Crippen LogP contribution in [0.1, 0.15) is 27.7 Å². The standard InChI is InChI=1S/C12H20O6/c1-11(2)14-5-6(16-11)8-7(13)9-10(15-8)18-12(3,4)17-9/h6-10,13H,5H2,1-4H3/t6-,7?,8+,9+,10-/m1/s1. The molecule has 3 fully saturated rings. The van der Waals surface area contributed by atoms with Crippen molar-refractivity contribution in [2.45, 2.75) is 70.0 Å². The fraction of sp³-hybridized carbons (Fsp3) is 1.00. The summed E-state index contributed by atoms with van der Waals surface area (Å²) >= 11 is 0. The fourth-order valence-electron chi connectivity index (χ4n) is 2.70. The van der Waals surface area contributed by atoms with Crippen LogP contribution in [0.5, 0.6) is 0 Å². The summed E-state index contributed by atoms with van der Waals surface area (Å²) in [6.07, 6.45) is -2.53. The smallest absolute Gasteiger partial charge is 0.190 e. The van der Waals surface area contributed by atoms with E-state index >= 15 is 0 Å². The van der Waals surface area contributed by atoms with Gasteiger partial charge in [0.25, 0.3) is 0 Å².